The minimum atomic E-state index is -3.16. The number of benzene rings is 1. The quantitative estimate of drug-likeness (QED) is 0.736. The van der Waals surface area contributed by atoms with Crippen LogP contribution >= 0.6 is 0 Å². The summed E-state index contributed by atoms with van der Waals surface area (Å²) >= 11 is 0. The number of aromatic nitrogens is 1. The Labute approximate surface area is 151 Å². The normalized spacial score (nSPS) is 18.2. The topological polar surface area (TPSA) is 93.6 Å². The lowest BCUT2D eigenvalue weighted by atomic mass is 10.2. The van der Waals surface area contributed by atoms with Gasteiger partial charge < -0.3 is 9.64 Å². The van der Waals surface area contributed by atoms with Gasteiger partial charge in [0.2, 0.25) is 0 Å². The molecule has 0 spiro atoms. The molecule has 136 valence electrons. The summed E-state index contributed by atoms with van der Waals surface area (Å²) in [6.07, 6.45) is 3.28. The van der Waals surface area contributed by atoms with Crippen LogP contribution in [-0.4, -0.2) is 49.4 Å². The van der Waals surface area contributed by atoms with Gasteiger partial charge in [-0.05, 0) is 30.7 Å². The Morgan fingerprint density at radius 1 is 1.12 bits per heavy atom. The number of pyridine rings is 1. The van der Waals surface area contributed by atoms with Crippen molar-refractivity contribution in [2.75, 3.05) is 23.0 Å². The van der Waals surface area contributed by atoms with Crippen LogP contribution in [0.2, 0.25) is 0 Å². The number of rotatable bonds is 5. The van der Waals surface area contributed by atoms with E-state index in [2.05, 4.69) is 4.98 Å². The molecule has 0 aliphatic carbocycles. The Morgan fingerprint density at radius 2 is 1.81 bits per heavy atom. The molecule has 2 heterocycles. The van der Waals surface area contributed by atoms with E-state index in [-0.39, 0.29) is 11.5 Å². The third kappa shape index (κ3) is 4.26. The Hall–Kier alpha value is -2.74. The molecule has 8 heteroatoms. The van der Waals surface area contributed by atoms with Gasteiger partial charge in [0.05, 0.1) is 23.1 Å². The van der Waals surface area contributed by atoms with Gasteiger partial charge in [-0.25, -0.2) is 13.2 Å². The molecule has 3 rings (SSSR count). The van der Waals surface area contributed by atoms with Crippen molar-refractivity contribution in [3.05, 3.63) is 60.4 Å². The summed E-state index contributed by atoms with van der Waals surface area (Å²) in [6, 6.07) is 11.3. The van der Waals surface area contributed by atoms with Crippen molar-refractivity contribution in [2.45, 2.75) is 12.5 Å². The van der Waals surface area contributed by atoms with Gasteiger partial charge in [0.1, 0.15) is 0 Å². The number of sulfone groups is 1. The van der Waals surface area contributed by atoms with E-state index in [1.807, 2.05) is 0 Å². The summed E-state index contributed by atoms with van der Waals surface area (Å²) in [6.45, 7) is -0.466. The molecule has 1 fully saturated rings. The lowest BCUT2D eigenvalue weighted by molar-refractivity contribution is -0.122. The van der Waals surface area contributed by atoms with Crippen molar-refractivity contribution in [3.8, 4) is 0 Å². The molecule has 0 bridgehead atoms. The van der Waals surface area contributed by atoms with E-state index < -0.39 is 34.4 Å². The maximum atomic E-state index is 12.7. The van der Waals surface area contributed by atoms with Crippen molar-refractivity contribution < 1.29 is 22.7 Å². The molecule has 0 saturated carbocycles. The second kappa shape index (κ2) is 7.65. The van der Waals surface area contributed by atoms with E-state index in [0.29, 0.717) is 17.7 Å². The number of amides is 1. The number of para-hydroxylation sites is 1. The molecule has 0 N–H and O–H groups in total. The second-order valence-corrected chi connectivity index (χ2v) is 8.20. The molecule has 1 atom stereocenters. The number of carbonyl (C=O) groups is 2. The van der Waals surface area contributed by atoms with Gasteiger partial charge >= 0.3 is 5.97 Å². The van der Waals surface area contributed by atoms with E-state index in [9.17, 15) is 18.0 Å². The Morgan fingerprint density at radius 3 is 2.42 bits per heavy atom. The van der Waals surface area contributed by atoms with Crippen molar-refractivity contribution in [2.24, 2.45) is 0 Å². The maximum Gasteiger partial charge on any atom is 0.338 e. The van der Waals surface area contributed by atoms with Gasteiger partial charge in [0.15, 0.2) is 16.4 Å². The molecular formula is C18H18N2O5S. The van der Waals surface area contributed by atoms with E-state index in [0.717, 1.165) is 0 Å². The Bertz CT molecular complexity index is 884. The Balaban J connectivity index is 1.74. The number of anilines is 1. The summed E-state index contributed by atoms with van der Waals surface area (Å²) in [5.41, 5.74) is 0.877. The van der Waals surface area contributed by atoms with Gasteiger partial charge in [0, 0.05) is 18.1 Å². The highest BCUT2D eigenvalue weighted by atomic mass is 32.2. The van der Waals surface area contributed by atoms with Crippen LogP contribution in [-0.2, 0) is 19.4 Å². The predicted molar refractivity (Wildman–Crippen MR) is 95.5 cm³/mol. The third-order valence-corrected chi connectivity index (χ3v) is 5.87. The highest BCUT2D eigenvalue weighted by Gasteiger charge is 2.35. The van der Waals surface area contributed by atoms with E-state index >= 15 is 0 Å². The largest absolute Gasteiger partial charge is 0.452 e. The summed E-state index contributed by atoms with van der Waals surface area (Å²) < 4.78 is 28.7. The molecule has 26 heavy (non-hydrogen) atoms. The molecule has 1 amide bonds. The monoisotopic (exact) mass is 374 g/mol. The van der Waals surface area contributed by atoms with Crippen molar-refractivity contribution in [3.63, 3.8) is 0 Å². The second-order valence-electron chi connectivity index (χ2n) is 5.97. The number of ether oxygens (including phenoxy) is 1. The van der Waals surface area contributed by atoms with Crippen molar-refractivity contribution in [1.29, 1.82) is 0 Å². The van der Waals surface area contributed by atoms with E-state index in [1.54, 1.807) is 30.3 Å². The molecule has 1 saturated heterocycles. The predicted octanol–water partition coefficient (Wildman–Crippen LogP) is 1.46. The first kappa shape index (κ1) is 18.1. The molecule has 0 radical (unpaired) electrons. The number of esters is 1. The first-order chi connectivity index (χ1) is 12.5. The fourth-order valence-electron chi connectivity index (χ4n) is 2.89. The lowest BCUT2D eigenvalue weighted by Gasteiger charge is -2.28. The fourth-order valence-corrected chi connectivity index (χ4v) is 4.59. The number of hydrogen-bond acceptors (Lipinski definition) is 6. The van der Waals surface area contributed by atoms with Crippen LogP contribution < -0.4 is 4.90 Å². The average Bonchev–Trinajstić information content (AvgIpc) is 3.01. The molecule has 1 aromatic heterocycles. The summed E-state index contributed by atoms with van der Waals surface area (Å²) in [5, 5.41) is 0. The van der Waals surface area contributed by atoms with Crippen molar-refractivity contribution >= 4 is 27.4 Å². The van der Waals surface area contributed by atoms with Gasteiger partial charge in [-0.3, -0.25) is 9.78 Å². The standard InChI is InChI=1S/C18H18N2O5S/c21-17(12-25-18(22)14-6-9-19-10-7-14)20(15-4-2-1-3-5-15)16-8-11-26(23,24)13-16/h1-7,9-10,16H,8,11-13H2/t16-/m0/s1. The molecule has 7 nitrogen and oxygen atoms in total. The maximum absolute atomic E-state index is 12.7. The molecule has 1 aliphatic rings. The highest BCUT2D eigenvalue weighted by Crippen LogP contribution is 2.24. The summed E-state index contributed by atoms with van der Waals surface area (Å²) in [4.78, 5) is 30.0. The van der Waals surface area contributed by atoms with Gasteiger partial charge in [-0.1, -0.05) is 18.2 Å². The van der Waals surface area contributed by atoms with Gasteiger partial charge in [-0.2, -0.15) is 0 Å². The molecular weight excluding hydrogens is 356 g/mol. The van der Waals surface area contributed by atoms with Crippen LogP contribution in [0.3, 0.4) is 0 Å². The molecule has 1 aromatic carbocycles. The van der Waals surface area contributed by atoms with E-state index in [4.69, 9.17) is 4.74 Å². The van der Waals surface area contributed by atoms with Crippen LogP contribution in [0.1, 0.15) is 16.8 Å². The minimum absolute atomic E-state index is 0.0467. The van der Waals surface area contributed by atoms with Crippen LogP contribution in [0.5, 0.6) is 0 Å². The first-order valence-corrected chi connectivity index (χ1v) is 9.93. The fraction of sp³-hybridized carbons (Fsp3) is 0.278. The smallest absolute Gasteiger partial charge is 0.338 e. The zero-order chi connectivity index (χ0) is 18.6. The number of hydrogen-bond donors (Lipinski definition) is 0. The van der Waals surface area contributed by atoms with Gasteiger partial charge in [0.25, 0.3) is 5.91 Å². The van der Waals surface area contributed by atoms with Crippen LogP contribution in [0, 0.1) is 0 Å². The van der Waals surface area contributed by atoms with Crippen LogP contribution in [0.4, 0.5) is 5.69 Å². The zero-order valence-corrected chi connectivity index (χ0v) is 14.8. The van der Waals surface area contributed by atoms with Gasteiger partial charge in [-0.15, -0.1) is 0 Å². The zero-order valence-electron chi connectivity index (χ0n) is 13.9. The van der Waals surface area contributed by atoms with Crippen LogP contribution in [0.25, 0.3) is 0 Å². The average molecular weight is 374 g/mol. The molecule has 1 aliphatic heterocycles. The lowest BCUT2D eigenvalue weighted by Crippen LogP contribution is -2.43. The summed E-state index contributed by atoms with van der Waals surface area (Å²) in [7, 11) is -3.16. The minimum Gasteiger partial charge on any atom is -0.452 e. The first-order valence-electron chi connectivity index (χ1n) is 8.11. The molecule has 2 aromatic rings. The Kier molecular flexibility index (Phi) is 5.32. The number of nitrogens with zero attached hydrogens (tertiary/aromatic N) is 2. The SMILES string of the molecule is O=C(OCC(=O)N(c1ccccc1)[C@H]1CCS(=O)(=O)C1)c1ccncc1. The summed E-state index contributed by atoms with van der Waals surface area (Å²) in [5.74, 6) is -1.13. The molecule has 0 unspecified atom stereocenters. The van der Waals surface area contributed by atoms with Crippen molar-refractivity contribution in [1.82, 2.24) is 4.98 Å². The number of carbonyl (C=O) groups excluding carboxylic acids is 2. The van der Waals surface area contributed by atoms with E-state index in [1.165, 1.54) is 29.4 Å². The third-order valence-electron chi connectivity index (χ3n) is 4.12. The highest BCUT2D eigenvalue weighted by molar-refractivity contribution is 7.91. The van der Waals surface area contributed by atoms with Crippen LogP contribution in [0.15, 0.2) is 54.9 Å².